The molecule has 0 aromatic heterocycles. The number of aliphatic carboxylic acids is 1. The number of rotatable bonds is 6. The van der Waals surface area contributed by atoms with E-state index in [2.05, 4.69) is 11.9 Å². The lowest BCUT2D eigenvalue weighted by Crippen LogP contribution is -2.31. The molecule has 0 bridgehead atoms. The molecule has 0 aliphatic rings. The third-order valence-corrected chi connectivity index (χ3v) is 1.36. The van der Waals surface area contributed by atoms with Crippen LogP contribution in [-0.2, 0) is 4.79 Å². The van der Waals surface area contributed by atoms with Crippen molar-refractivity contribution in [2.45, 2.75) is 18.9 Å². The first-order chi connectivity index (χ1) is 5.54. The van der Waals surface area contributed by atoms with E-state index in [1.54, 1.807) is 0 Å². The number of hydrogen-bond acceptors (Lipinski definition) is 4. The van der Waals surface area contributed by atoms with Gasteiger partial charge < -0.3 is 21.9 Å². The van der Waals surface area contributed by atoms with Gasteiger partial charge in [0.2, 0.25) is 0 Å². The molecular formula is C7H15N3O2. The van der Waals surface area contributed by atoms with Gasteiger partial charge in [-0.1, -0.05) is 6.58 Å². The smallest absolute Gasteiger partial charge is 0.320 e. The minimum atomic E-state index is -0.971. The summed E-state index contributed by atoms with van der Waals surface area (Å²) in [5.41, 5.74) is 10.5. The molecule has 0 rings (SSSR count). The van der Waals surface area contributed by atoms with Crippen molar-refractivity contribution in [2.75, 3.05) is 6.54 Å². The lowest BCUT2D eigenvalue weighted by Gasteiger charge is -2.07. The molecule has 0 aliphatic heterocycles. The molecule has 0 unspecified atom stereocenters. The Balaban J connectivity index is 3.31. The van der Waals surface area contributed by atoms with Crippen molar-refractivity contribution in [2.24, 2.45) is 11.5 Å². The van der Waals surface area contributed by atoms with Gasteiger partial charge in [0, 0.05) is 6.54 Å². The lowest BCUT2D eigenvalue weighted by molar-refractivity contribution is -0.138. The summed E-state index contributed by atoms with van der Waals surface area (Å²) in [5.74, 6) is -0.583. The summed E-state index contributed by atoms with van der Waals surface area (Å²) in [6, 6.07) is -0.780. The summed E-state index contributed by atoms with van der Waals surface area (Å²) in [6.45, 7) is 4.03. The molecule has 5 nitrogen and oxygen atoms in total. The molecule has 0 fully saturated rings. The van der Waals surface area contributed by atoms with Crippen molar-refractivity contribution in [1.29, 1.82) is 0 Å². The molecule has 0 aromatic carbocycles. The van der Waals surface area contributed by atoms with Crippen LogP contribution in [0, 0.1) is 0 Å². The minimum absolute atomic E-state index is 0.388. The fraction of sp³-hybridized carbons (Fsp3) is 0.571. The number of carboxylic acid groups (broad SMARTS) is 1. The highest BCUT2D eigenvalue weighted by Gasteiger charge is 2.09. The molecule has 0 amide bonds. The quantitative estimate of drug-likeness (QED) is 0.394. The van der Waals surface area contributed by atoms with Gasteiger partial charge in [-0.3, -0.25) is 4.79 Å². The molecule has 0 heterocycles. The highest BCUT2D eigenvalue weighted by molar-refractivity contribution is 5.72. The van der Waals surface area contributed by atoms with Crippen molar-refractivity contribution >= 4 is 5.97 Å². The average molecular weight is 173 g/mol. The van der Waals surface area contributed by atoms with Crippen molar-refractivity contribution < 1.29 is 9.90 Å². The molecule has 1 atom stereocenters. The van der Waals surface area contributed by atoms with Gasteiger partial charge in [-0.2, -0.15) is 0 Å². The van der Waals surface area contributed by atoms with Crippen LogP contribution in [0.5, 0.6) is 0 Å². The summed E-state index contributed by atoms with van der Waals surface area (Å²) in [7, 11) is 0. The molecule has 70 valence electrons. The van der Waals surface area contributed by atoms with Crippen molar-refractivity contribution in [3.63, 3.8) is 0 Å². The number of nitrogens with one attached hydrogen (secondary N) is 1. The van der Waals surface area contributed by atoms with E-state index in [9.17, 15) is 4.79 Å². The molecular weight excluding hydrogens is 158 g/mol. The van der Waals surface area contributed by atoms with Crippen LogP contribution < -0.4 is 16.8 Å². The first-order valence-corrected chi connectivity index (χ1v) is 3.70. The predicted octanol–water partition coefficient (Wildman–Crippen LogP) is -0.802. The van der Waals surface area contributed by atoms with E-state index in [-0.39, 0.29) is 0 Å². The maximum Gasteiger partial charge on any atom is 0.320 e. The summed E-state index contributed by atoms with van der Waals surface area (Å²) in [5, 5.41) is 11.2. The highest BCUT2D eigenvalue weighted by atomic mass is 16.4. The normalized spacial score (nSPS) is 12.1. The van der Waals surface area contributed by atoms with E-state index in [1.165, 1.54) is 0 Å². The van der Waals surface area contributed by atoms with Crippen LogP contribution in [0.25, 0.3) is 0 Å². The molecule has 0 radical (unpaired) electrons. The van der Waals surface area contributed by atoms with Gasteiger partial charge in [-0.25, -0.2) is 0 Å². The fourth-order valence-electron chi connectivity index (χ4n) is 0.694. The Kier molecular flexibility index (Phi) is 4.87. The first kappa shape index (κ1) is 10.8. The number of nitrogens with two attached hydrogens (primary N) is 2. The Bertz CT molecular complexity index is 170. The van der Waals surface area contributed by atoms with E-state index in [1.807, 2.05) is 0 Å². The van der Waals surface area contributed by atoms with Crippen LogP contribution in [0.15, 0.2) is 12.4 Å². The van der Waals surface area contributed by atoms with Crippen LogP contribution in [0.3, 0.4) is 0 Å². The Morgan fingerprint density at radius 1 is 1.67 bits per heavy atom. The minimum Gasteiger partial charge on any atom is -0.480 e. The topological polar surface area (TPSA) is 101 Å². The van der Waals surface area contributed by atoms with E-state index in [4.69, 9.17) is 16.6 Å². The molecule has 6 N–H and O–H groups in total. The van der Waals surface area contributed by atoms with Crippen LogP contribution >= 0.6 is 0 Å². The summed E-state index contributed by atoms with van der Waals surface area (Å²) < 4.78 is 0. The SMILES string of the molecule is C=C(N)NCCC[C@H](N)C(=O)O. The Morgan fingerprint density at radius 3 is 2.67 bits per heavy atom. The zero-order chi connectivity index (χ0) is 9.56. The van der Waals surface area contributed by atoms with Crippen LogP contribution in [0.4, 0.5) is 0 Å². The Morgan fingerprint density at radius 2 is 2.25 bits per heavy atom. The van der Waals surface area contributed by atoms with Gasteiger partial charge in [-0.15, -0.1) is 0 Å². The second-order valence-electron chi connectivity index (χ2n) is 2.54. The fourth-order valence-corrected chi connectivity index (χ4v) is 0.694. The van der Waals surface area contributed by atoms with E-state index >= 15 is 0 Å². The zero-order valence-corrected chi connectivity index (χ0v) is 6.92. The second-order valence-corrected chi connectivity index (χ2v) is 2.54. The maximum absolute atomic E-state index is 10.2. The number of carbonyl (C=O) groups is 1. The lowest BCUT2D eigenvalue weighted by atomic mass is 10.2. The number of hydrogen-bond donors (Lipinski definition) is 4. The standard InChI is InChI=1S/C7H15N3O2/c1-5(8)10-4-2-3-6(9)7(11)12/h6,10H,1-4,8-9H2,(H,11,12)/t6-/m0/s1. The molecule has 0 saturated heterocycles. The van der Waals surface area contributed by atoms with Crippen LogP contribution in [0.2, 0.25) is 0 Å². The molecule has 0 aromatic rings. The maximum atomic E-state index is 10.2. The summed E-state index contributed by atoms with van der Waals surface area (Å²) in [6.07, 6.45) is 1.11. The highest BCUT2D eigenvalue weighted by Crippen LogP contribution is 1.93. The van der Waals surface area contributed by atoms with E-state index in [0.29, 0.717) is 25.2 Å². The number of carboxylic acids is 1. The van der Waals surface area contributed by atoms with E-state index < -0.39 is 12.0 Å². The Hall–Kier alpha value is -1.23. The molecule has 5 heteroatoms. The third-order valence-electron chi connectivity index (χ3n) is 1.36. The molecule has 0 saturated carbocycles. The first-order valence-electron chi connectivity index (χ1n) is 3.70. The summed E-state index contributed by atoms with van der Waals surface area (Å²) >= 11 is 0. The zero-order valence-electron chi connectivity index (χ0n) is 6.92. The van der Waals surface area contributed by atoms with E-state index in [0.717, 1.165) is 0 Å². The van der Waals surface area contributed by atoms with Gasteiger partial charge >= 0.3 is 5.97 Å². The average Bonchev–Trinajstić information content (AvgIpc) is 1.97. The molecule has 12 heavy (non-hydrogen) atoms. The van der Waals surface area contributed by atoms with Crippen molar-refractivity contribution in [1.82, 2.24) is 5.32 Å². The summed E-state index contributed by atoms with van der Waals surface area (Å²) in [4.78, 5) is 10.2. The molecule has 0 spiro atoms. The van der Waals surface area contributed by atoms with Gasteiger partial charge in [0.1, 0.15) is 6.04 Å². The van der Waals surface area contributed by atoms with Gasteiger partial charge in [-0.05, 0) is 12.8 Å². The monoisotopic (exact) mass is 173 g/mol. The van der Waals surface area contributed by atoms with Crippen LogP contribution in [0.1, 0.15) is 12.8 Å². The van der Waals surface area contributed by atoms with Gasteiger partial charge in [0.05, 0.1) is 5.82 Å². The van der Waals surface area contributed by atoms with Gasteiger partial charge in [0.25, 0.3) is 0 Å². The van der Waals surface area contributed by atoms with Crippen molar-refractivity contribution in [3.05, 3.63) is 12.4 Å². The van der Waals surface area contributed by atoms with Crippen LogP contribution in [-0.4, -0.2) is 23.7 Å². The Labute approximate surface area is 71.4 Å². The predicted molar refractivity (Wildman–Crippen MR) is 46.2 cm³/mol. The second kappa shape index (κ2) is 5.42. The third kappa shape index (κ3) is 5.55. The van der Waals surface area contributed by atoms with Crippen molar-refractivity contribution in [3.8, 4) is 0 Å². The molecule has 0 aliphatic carbocycles. The van der Waals surface area contributed by atoms with Gasteiger partial charge in [0.15, 0.2) is 0 Å². The largest absolute Gasteiger partial charge is 0.480 e.